The molecule has 1 atom stereocenters. The normalized spacial score (nSPS) is 19.2. The van der Waals surface area contributed by atoms with Gasteiger partial charge in [0.1, 0.15) is 6.04 Å². The molecule has 1 fully saturated rings. The van der Waals surface area contributed by atoms with Gasteiger partial charge >= 0.3 is 0 Å². The summed E-state index contributed by atoms with van der Waals surface area (Å²) in [6.07, 6.45) is 2.55. The zero-order valence-corrected chi connectivity index (χ0v) is 11.3. The largest absolute Gasteiger partial charge is 0.373 e. The van der Waals surface area contributed by atoms with Crippen LogP contribution in [0.25, 0.3) is 10.9 Å². The molecular formula is C14H14ClN3O. The smallest absolute Gasteiger partial charge is 0.244 e. The zero-order valence-electron chi connectivity index (χ0n) is 10.6. The minimum absolute atomic E-state index is 0.138. The van der Waals surface area contributed by atoms with Crippen LogP contribution in [0.1, 0.15) is 6.42 Å². The van der Waals surface area contributed by atoms with Gasteiger partial charge in [-0.05, 0) is 30.7 Å². The second-order valence-electron chi connectivity index (χ2n) is 4.77. The average Bonchev–Trinajstić information content (AvgIpc) is 2.71. The van der Waals surface area contributed by atoms with Crippen molar-refractivity contribution >= 4 is 34.1 Å². The molecule has 1 saturated heterocycles. The highest BCUT2D eigenvalue weighted by Crippen LogP contribution is 2.26. The number of anilines is 1. The van der Waals surface area contributed by atoms with Gasteiger partial charge in [0, 0.05) is 35.9 Å². The standard InChI is InChI=1S/C14H14ClN3O/c1-18-7-5-12(14(18)19)17-11-4-6-16-13-8-9(15)2-3-10(11)13/h2-4,6,8,12H,5,7H2,1H3,(H,16,17). The lowest BCUT2D eigenvalue weighted by molar-refractivity contribution is -0.127. The summed E-state index contributed by atoms with van der Waals surface area (Å²) in [6, 6.07) is 7.33. The number of likely N-dealkylation sites (N-methyl/N-ethyl adjacent to an activating group) is 1. The molecule has 3 rings (SSSR count). The van der Waals surface area contributed by atoms with Gasteiger partial charge in [0.15, 0.2) is 0 Å². The Morgan fingerprint density at radius 1 is 1.42 bits per heavy atom. The molecule has 98 valence electrons. The van der Waals surface area contributed by atoms with Gasteiger partial charge in [-0.2, -0.15) is 0 Å². The van der Waals surface area contributed by atoms with E-state index in [0.29, 0.717) is 5.02 Å². The number of halogens is 1. The van der Waals surface area contributed by atoms with Crippen LogP contribution in [0, 0.1) is 0 Å². The Bertz CT molecular complexity index is 644. The molecular weight excluding hydrogens is 262 g/mol. The molecule has 4 nitrogen and oxygen atoms in total. The first-order chi connectivity index (χ1) is 9.15. The van der Waals surface area contributed by atoms with Gasteiger partial charge in [0.2, 0.25) is 5.91 Å². The number of aromatic nitrogens is 1. The van der Waals surface area contributed by atoms with Crippen molar-refractivity contribution in [3.8, 4) is 0 Å². The monoisotopic (exact) mass is 275 g/mol. The quantitative estimate of drug-likeness (QED) is 0.916. The fourth-order valence-corrected chi connectivity index (χ4v) is 2.56. The van der Waals surface area contributed by atoms with E-state index >= 15 is 0 Å². The van der Waals surface area contributed by atoms with Gasteiger partial charge in [0.05, 0.1) is 5.52 Å². The van der Waals surface area contributed by atoms with Crippen molar-refractivity contribution in [3.05, 3.63) is 35.5 Å². The molecule has 5 heteroatoms. The molecule has 0 radical (unpaired) electrons. The van der Waals surface area contributed by atoms with Crippen LogP contribution in [0.2, 0.25) is 5.02 Å². The molecule has 19 heavy (non-hydrogen) atoms. The van der Waals surface area contributed by atoms with E-state index in [4.69, 9.17) is 11.6 Å². The lowest BCUT2D eigenvalue weighted by Crippen LogP contribution is -2.30. The lowest BCUT2D eigenvalue weighted by atomic mass is 10.1. The van der Waals surface area contributed by atoms with E-state index in [9.17, 15) is 4.79 Å². The van der Waals surface area contributed by atoms with E-state index in [0.717, 1.165) is 29.6 Å². The van der Waals surface area contributed by atoms with Crippen LogP contribution in [0.5, 0.6) is 0 Å². The van der Waals surface area contributed by atoms with Gasteiger partial charge < -0.3 is 10.2 Å². The Kier molecular flexibility index (Phi) is 3.03. The topological polar surface area (TPSA) is 45.2 Å². The summed E-state index contributed by atoms with van der Waals surface area (Å²) >= 11 is 5.96. The summed E-state index contributed by atoms with van der Waals surface area (Å²) in [7, 11) is 1.83. The molecule has 2 aromatic rings. The molecule has 1 N–H and O–H groups in total. The third kappa shape index (κ3) is 2.24. The predicted octanol–water partition coefficient (Wildman–Crippen LogP) is 2.53. The number of nitrogens with zero attached hydrogens (tertiary/aromatic N) is 2. The van der Waals surface area contributed by atoms with E-state index in [2.05, 4.69) is 10.3 Å². The molecule has 1 aromatic heterocycles. The van der Waals surface area contributed by atoms with Crippen molar-refractivity contribution in [3.63, 3.8) is 0 Å². The van der Waals surface area contributed by atoms with Gasteiger partial charge in [0.25, 0.3) is 0 Å². The summed E-state index contributed by atoms with van der Waals surface area (Å²) in [5.74, 6) is 0.138. The number of likely N-dealkylation sites (tertiary alicyclic amines) is 1. The highest BCUT2D eigenvalue weighted by atomic mass is 35.5. The summed E-state index contributed by atoms with van der Waals surface area (Å²) in [6.45, 7) is 0.797. The van der Waals surface area contributed by atoms with Crippen LogP contribution in [-0.4, -0.2) is 35.4 Å². The van der Waals surface area contributed by atoms with Crippen LogP contribution < -0.4 is 5.32 Å². The summed E-state index contributed by atoms with van der Waals surface area (Å²) in [5.41, 5.74) is 1.76. The van der Waals surface area contributed by atoms with Crippen LogP contribution in [0.15, 0.2) is 30.5 Å². The van der Waals surface area contributed by atoms with Gasteiger partial charge in [-0.1, -0.05) is 11.6 Å². The van der Waals surface area contributed by atoms with Crippen molar-refractivity contribution in [1.29, 1.82) is 0 Å². The minimum Gasteiger partial charge on any atom is -0.373 e. The molecule has 1 aromatic carbocycles. The Morgan fingerprint density at radius 2 is 2.26 bits per heavy atom. The van der Waals surface area contributed by atoms with Crippen molar-refractivity contribution in [1.82, 2.24) is 9.88 Å². The Balaban J connectivity index is 1.95. The van der Waals surface area contributed by atoms with Crippen LogP contribution in [0.4, 0.5) is 5.69 Å². The Morgan fingerprint density at radius 3 is 3.00 bits per heavy atom. The van der Waals surface area contributed by atoms with Gasteiger partial charge in [-0.25, -0.2) is 0 Å². The number of hydrogen-bond donors (Lipinski definition) is 1. The van der Waals surface area contributed by atoms with Gasteiger partial charge in [-0.3, -0.25) is 9.78 Å². The van der Waals surface area contributed by atoms with Crippen molar-refractivity contribution in [2.24, 2.45) is 0 Å². The fourth-order valence-electron chi connectivity index (χ4n) is 2.39. The number of amides is 1. The van der Waals surface area contributed by atoms with Crippen molar-refractivity contribution in [2.45, 2.75) is 12.5 Å². The maximum absolute atomic E-state index is 11.9. The third-order valence-electron chi connectivity index (χ3n) is 3.46. The Hall–Kier alpha value is -1.81. The number of rotatable bonds is 2. The second kappa shape index (κ2) is 4.70. The van der Waals surface area contributed by atoms with E-state index in [-0.39, 0.29) is 11.9 Å². The minimum atomic E-state index is -0.147. The van der Waals surface area contributed by atoms with E-state index in [1.165, 1.54) is 0 Å². The summed E-state index contributed by atoms with van der Waals surface area (Å²) in [5, 5.41) is 4.95. The first-order valence-electron chi connectivity index (χ1n) is 6.21. The molecule has 0 spiro atoms. The fraction of sp³-hybridized carbons (Fsp3) is 0.286. The molecule has 0 aliphatic carbocycles. The number of carbonyl (C=O) groups excluding carboxylic acids is 1. The third-order valence-corrected chi connectivity index (χ3v) is 3.70. The number of carbonyl (C=O) groups is 1. The SMILES string of the molecule is CN1CCC(Nc2ccnc3cc(Cl)ccc23)C1=O. The second-order valence-corrected chi connectivity index (χ2v) is 5.20. The molecule has 1 amide bonds. The molecule has 1 aliphatic heterocycles. The predicted molar refractivity (Wildman–Crippen MR) is 76.4 cm³/mol. The van der Waals surface area contributed by atoms with E-state index in [1.807, 2.05) is 31.3 Å². The highest BCUT2D eigenvalue weighted by Gasteiger charge is 2.29. The molecule has 1 unspecified atom stereocenters. The maximum atomic E-state index is 11.9. The summed E-state index contributed by atoms with van der Waals surface area (Å²) in [4.78, 5) is 18.0. The first-order valence-corrected chi connectivity index (χ1v) is 6.59. The maximum Gasteiger partial charge on any atom is 0.244 e. The van der Waals surface area contributed by atoms with Crippen molar-refractivity contribution in [2.75, 3.05) is 18.9 Å². The van der Waals surface area contributed by atoms with E-state index < -0.39 is 0 Å². The highest BCUT2D eigenvalue weighted by molar-refractivity contribution is 6.31. The van der Waals surface area contributed by atoms with Gasteiger partial charge in [-0.15, -0.1) is 0 Å². The molecule has 0 bridgehead atoms. The number of hydrogen-bond acceptors (Lipinski definition) is 3. The molecule has 0 saturated carbocycles. The zero-order chi connectivity index (χ0) is 13.4. The Labute approximate surface area is 116 Å². The molecule has 1 aliphatic rings. The average molecular weight is 276 g/mol. The number of pyridine rings is 1. The number of nitrogens with one attached hydrogen (secondary N) is 1. The van der Waals surface area contributed by atoms with Crippen LogP contribution >= 0.6 is 11.6 Å². The van der Waals surface area contributed by atoms with Crippen LogP contribution in [0.3, 0.4) is 0 Å². The van der Waals surface area contributed by atoms with E-state index in [1.54, 1.807) is 11.1 Å². The molecule has 2 heterocycles. The number of benzene rings is 1. The number of fused-ring (bicyclic) bond motifs is 1. The summed E-state index contributed by atoms with van der Waals surface area (Å²) < 4.78 is 0. The first kappa shape index (κ1) is 12.2. The lowest BCUT2D eigenvalue weighted by Gasteiger charge is -2.15. The van der Waals surface area contributed by atoms with Crippen LogP contribution in [-0.2, 0) is 4.79 Å². The van der Waals surface area contributed by atoms with Crippen molar-refractivity contribution < 1.29 is 4.79 Å².